The van der Waals surface area contributed by atoms with E-state index in [1.807, 2.05) is 56.3 Å². The predicted molar refractivity (Wildman–Crippen MR) is 130 cm³/mol. The zero-order valence-corrected chi connectivity index (χ0v) is 19.6. The third kappa shape index (κ3) is 5.03. The van der Waals surface area contributed by atoms with E-state index in [0.29, 0.717) is 17.7 Å². The maximum Gasteiger partial charge on any atom is 0.326 e. The summed E-state index contributed by atoms with van der Waals surface area (Å²) >= 11 is 0. The number of aromatic nitrogens is 1. The number of amides is 2. The first-order valence-electron chi connectivity index (χ1n) is 11.9. The van der Waals surface area contributed by atoms with Crippen LogP contribution < -0.4 is 10.6 Å². The van der Waals surface area contributed by atoms with Crippen LogP contribution in [-0.4, -0.2) is 33.9 Å². The highest BCUT2D eigenvalue weighted by Gasteiger charge is 2.38. The largest absolute Gasteiger partial charge is 0.480 e. The van der Waals surface area contributed by atoms with E-state index >= 15 is 0 Å². The Morgan fingerprint density at radius 3 is 2.62 bits per heavy atom. The Bertz CT molecular complexity index is 1160. The Balaban J connectivity index is 1.40. The van der Waals surface area contributed by atoms with Crippen LogP contribution in [0.3, 0.4) is 0 Å². The molecule has 3 N–H and O–H groups in total. The van der Waals surface area contributed by atoms with Crippen LogP contribution in [0, 0.1) is 17.3 Å². The number of para-hydroxylation sites is 1. The number of carboxylic acid groups (broad SMARTS) is 1. The van der Waals surface area contributed by atoms with Gasteiger partial charge in [-0.1, -0.05) is 57.0 Å². The number of nitrogens with zero attached hydrogens (tertiary/aromatic N) is 1. The van der Waals surface area contributed by atoms with Gasteiger partial charge in [-0.05, 0) is 49.3 Å². The van der Waals surface area contributed by atoms with E-state index < -0.39 is 17.4 Å². The average molecular weight is 462 g/mol. The molecule has 3 atom stereocenters. The fourth-order valence-corrected chi connectivity index (χ4v) is 4.94. The zero-order valence-electron chi connectivity index (χ0n) is 19.6. The number of hydrogen-bond acceptors (Lipinski definition) is 4. The minimum atomic E-state index is -1.02. The van der Waals surface area contributed by atoms with Crippen molar-refractivity contribution in [3.05, 3.63) is 66.0 Å². The molecule has 1 fully saturated rings. The van der Waals surface area contributed by atoms with E-state index in [1.54, 1.807) is 12.3 Å². The summed E-state index contributed by atoms with van der Waals surface area (Å²) in [6.07, 6.45) is 11.2. The highest BCUT2D eigenvalue weighted by molar-refractivity contribution is 6.06. The second kappa shape index (κ2) is 9.79. The van der Waals surface area contributed by atoms with Crippen molar-refractivity contribution >= 4 is 28.7 Å². The number of carbonyl (C=O) groups is 3. The lowest BCUT2D eigenvalue weighted by Crippen LogP contribution is -2.47. The van der Waals surface area contributed by atoms with Crippen LogP contribution in [0.1, 0.15) is 56.3 Å². The molecule has 0 bridgehead atoms. The van der Waals surface area contributed by atoms with Crippen LogP contribution in [-0.2, 0) is 9.59 Å². The Morgan fingerprint density at radius 2 is 1.91 bits per heavy atom. The van der Waals surface area contributed by atoms with Crippen LogP contribution >= 0.6 is 0 Å². The number of aliphatic carboxylic acids is 1. The summed E-state index contributed by atoms with van der Waals surface area (Å²) in [5.74, 6) is -1.49. The van der Waals surface area contributed by atoms with Gasteiger partial charge in [0.25, 0.3) is 5.91 Å². The van der Waals surface area contributed by atoms with Crippen LogP contribution in [0.5, 0.6) is 0 Å². The van der Waals surface area contributed by atoms with Gasteiger partial charge in [-0.15, -0.1) is 0 Å². The van der Waals surface area contributed by atoms with Gasteiger partial charge >= 0.3 is 5.97 Å². The van der Waals surface area contributed by atoms with E-state index in [9.17, 15) is 19.5 Å². The first-order chi connectivity index (χ1) is 16.3. The second-order valence-corrected chi connectivity index (χ2v) is 9.70. The van der Waals surface area contributed by atoms with E-state index in [-0.39, 0.29) is 23.7 Å². The van der Waals surface area contributed by atoms with Gasteiger partial charge in [0, 0.05) is 22.7 Å². The number of allylic oxidation sites excluding steroid dienone is 3. The van der Waals surface area contributed by atoms with Crippen molar-refractivity contribution < 1.29 is 19.5 Å². The molecule has 3 unspecified atom stereocenters. The van der Waals surface area contributed by atoms with Gasteiger partial charge in [0.1, 0.15) is 6.04 Å². The first-order valence-corrected chi connectivity index (χ1v) is 11.9. The number of carbonyl (C=O) groups excluding carboxylic acids is 2. The van der Waals surface area contributed by atoms with Gasteiger partial charge in [-0.3, -0.25) is 14.6 Å². The molecule has 178 valence electrons. The number of hydrogen-bond donors (Lipinski definition) is 3. The maximum atomic E-state index is 12.9. The number of fused-ring (bicyclic) bond motifs is 1. The van der Waals surface area contributed by atoms with Crippen molar-refractivity contribution in [1.29, 1.82) is 0 Å². The smallest absolute Gasteiger partial charge is 0.326 e. The molecule has 34 heavy (non-hydrogen) atoms. The third-order valence-electron chi connectivity index (χ3n) is 7.16. The van der Waals surface area contributed by atoms with E-state index in [1.165, 1.54) is 0 Å². The summed E-state index contributed by atoms with van der Waals surface area (Å²) in [5.41, 5.74) is 1.49. The maximum absolute atomic E-state index is 12.9. The number of rotatable bonds is 7. The summed E-state index contributed by atoms with van der Waals surface area (Å²) in [5, 5.41) is 16.2. The Kier molecular flexibility index (Phi) is 6.82. The SMILES string of the molecule is CC1C=C(NC(=O)c2ccnc3ccccc23)C=CC1CC(NC(=O)C1(C)CCCC1)C(=O)O. The van der Waals surface area contributed by atoms with Crippen LogP contribution in [0.15, 0.2) is 60.5 Å². The second-order valence-electron chi connectivity index (χ2n) is 9.70. The number of benzene rings is 1. The van der Waals surface area contributed by atoms with Gasteiger partial charge in [-0.25, -0.2) is 4.79 Å². The van der Waals surface area contributed by atoms with Crippen molar-refractivity contribution in [1.82, 2.24) is 15.6 Å². The molecule has 2 amide bonds. The number of carboxylic acids is 1. The fourth-order valence-electron chi connectivity index (χ4n) is 4.94. The van der Waals surface area contributed by atoms with Crippen molar-refractivity contribution in [2.75, 3.05) is 0 Å². The quantitative estimate of drug-likeness (QED) is 0.572. The topological polar surface area (TPSA) is 108 Å². The van der Waals surface area contributed by atoms with Gasteiger partial charge in [0.15, 0.2) is 0 Å². The predicted octanol–water partition coefficient (Wildman–Crippen LogP) is 4.21. The molecule has 1 heterocycles. The molecule has 1 aromatic carbocycles. The molecule has 0 spiro atoms. The molecule has 2 aromatic rings. The van der Waals surface area contributed by atoms with Gasteiger partial charge in [0.2, 0.25) is 5.91 Å². The lowest BCUT2D eigenvalue weighted by atomic mass is 9.83. The molecule has 0 saturated heterocycles. The lowest BCUT2D eigenvalue weighted by Gasteiger charge is -2.29. The molecular formula is C27H31N3O4. The van der Waals surface area contributed by atoms with Gasteiger partial charge in [0.05, 0.1) is 11.1 Å². The Hall–Kier alpha value is -3.48. The molecule has 1 aromatic heterocycles. The molecular weight excluding hydrogens is 430 g/mol. The zero-order chi connectivity index (χ0) is 24.3. The van der Waals surface area contributed by atoms with Crippen molar-refractivity contribution in [3.63, 3.8) is 0 Å². The highest BCUT2D eigenvalue weighted by atomic mass is 16.4. The molecule has 1 saturated carbocycles. The van der Waals surface area contributed by atoms with Crippen molar-refractivity contribution in [2.24, 2.45) is 17.3 Å². The standard InChI is InChI=1S/C27H31N3O4/c1-17-15-19(29-24(31)21-11-14-28-22-8-4-3-7-20(21)22)10-9-18(17)16-23(25(32)33)30-26(34)27(2)12-5-6-13-27/h3-4,7-11,14-15,17-18,23H,5-6,12-13,16H2,1-2H3,(H,29,31)(H,30,34)(H,32,33). The molecule has 2 aliphatic rings. The van der Waals surface area contributed by atoms with Crippen LogP contribution in [0.4, 0.5) is 0 Å². The molecule has 7 nitrogen and oxygen atoms in total. The van der Waals surface area contributed by atoms with E-state index in [2.05, 4.69) is 15.6 Å². The van der Waals surface area contributed by atoms with Crippen molar-refractivity contribution in [2.45, 2.75) is 52.0 Å². The average Bonchev–Trinajstić information content (AvgIpc) is 3.27. The summed E-state index contributed by atoms with van der Waals surface area (Å²) in [6, 6.07) is 8.23. The fraction of sp³-hybridized carbons (Fsp3) is 0.407. The minimum absolute atomic E-state index is 0.00435. The monoisotopic (exact) mass is 461 g/mol. The lowest BCUT2D eigenvalue weighted by molar-refractivity contribution is -0.144. The Labute approximate surface area is 199 Å². The van der Waals surface area contributed by atoms with Crippen molar-refractivity contribution in [3.8, 4) is 0 Å². The molecule has 2 aliphatic carbocycles. The minimum Gasteiger partial charge on any atom is -0.480 e. The first kappa shape index (κ1) is 23.7. The summed E-state index contributed by atoms with van der Waals surface area (Å²) < 4.78 is 0. The van der Waals surface area contributed by atoms with Crippen LogP contribution in [0.2, 0.25) is 0 Å². The summed E-state index contributed by atoms with van der Waals surface area (Å²) in [6.45, 7) is 3.91. The normalized spacial score (nSPS) is 22.1. The molecule has 4 rings (SSSR count). The molecule has 0 radical (unpaired) electrons. The Morgan fingerprint density at radius 1 is 1.18 bits per heavy atom. The van der Waals surface area contributed by atoms with E-state index in [0.717, 1.165) is 36.6 Å². The number of pyridine rings is 1. The number of nitrogens with one attached hydrogen (secondary N) is 2. The van der Waals surface area contributed by atoms with Crippen LogP contribution in [0.25, 0.3) is 10.9 Å². The highest BCUT2D eigenvalue weighted by Crippen LogP contribution is 2.38. The third-order valence-corrected chi connectivity index (χ3v) is 7.16. The van der Waals surface area contributed by atoms with Gasteiger partial charge < -0.3 is 15.7 Å². The molecule has 0 aliphatic heterocycles. The summed E-state index contributed by atoms with van der Waals surface area (Å²) in [4.78, 5) is 41.9. The molecule has 7 heteroatoms. The van der Waals surface area contributed by atoms with Gasteiger partial charge in [-0.2, -0.15) is 0 Å². The summed E-state index contributed by atoms with van der Waals surface area (Å²) in [7, 11) is 0. The van der Waals surface area contributed by atoms with E-state index in [4.69, 9.17) is 0 Å².